The van der Waals surface area contributed by atoms with Gasteiger partial charge in [-0.15, -0.1) is 0 Å². The number of carbonyl (C=O) groups excluding carboxylic acids is 4. The molecule has 3 aliphatic rings. The van der Waals surface area contributed by atoms with E-state index in [9.17, 15) is 24.4 Å². The van der Waals surface area contributed by atoms with E-state index in [0.29, 0.717) is 11.3 Å². The Morgan fingerprint density at radius 2 is 1.70 bits per heavy atom. The number of anilines is 1. The number of hydrogen-bond acceptors (Lipinski definition) is 5. The molecular formula is C33H37F2N5O4. The summed E-state index contributed by atoms with van der Waals surface area (Å²) in [7, 11) is 0. The number of amides is 4. The van der Waals surface area contributed by atoms with Crippen LogP contribution in [0.3, 0.4) is 0 Å². The predicted octanol–water partition coefficient (Wildman–Crippen LogP) is 4.00. The highest BCUT2D eigenvalue weighted by atomic mass is 19.3. The van der Waals surface area contributed by atoms with Crippen molar-refractivity contribution in [2.75, 3.05) is 11.9 Å². The summed E-state index contributed by atoms with van der Waals surface area (Å²) < 4.78 is 30.1. The van der Waals surface area contributed by atoms with Gasteiger partial charge in [-0.25, -0.2) is 0 Å². The summed E-state index contributed by atoms with van der Waals surface area (Å²) in [5.74, 6) is -6.96. The number of benzene rings is 2. The molecule has 1 saturated heterocycles. The maximum Gasteiger partial charge on any atom is 0.349 e. The molecule has 0 bridgehead atoms. The van der Waals surface area contributed by atoms with Gasteiger partial charge in [-0.05, 0) is 35.8 Å². The number of likely N-dealkylation sites (tertiary alicyclic amines) is 1. The maximum absolute atomic E-state index is 15.0. The minimum atomic E-state index is -3.87. The lowest BCUT2D eigenvalue weighted by Crippen LogP contribution is -2.57. The monoisotopic (exact) mass is 605 g/mol. The fraction of sp³-hybridized carbons (Fsp3) is 0.485. The summed E-state index contributed by atoms with van der Waals surface area (Å²) in [5, 5.41) is 17.9. The second-order valence-electron chi connectivity index (χ2n) is 13.4. The van der Waals surface area contributed by atoms with Crippen LogP contribution in [-0.2, 0) is 30.5 Å². The van der Waals surface area contributed by atoms with Crippen LogP contribution >= 0.6 is 0 Å². The highest BCUT2D eigenvalue weighted by Crippen LogP contribution is 2.46. The van der Waals surface area contributed by atoms with Gasteiger partial charge in [0.2, 0.25) is 17.7 Å². The number of nitrogens with one attached hydrogen (secondary N) is 3. The number of fused-ring (bicyclic) bond motifs is 2. The smallest absolute Gasteiger partial charge is 0.342 e. The molecule has 1 saturated carbocycles. The van der Waals surface area contributed by atoms with Gasteiger partial charge < -0.3 is 20.9 Å². The van der Waals surface area contributed by atoms with Gasteiger partial charge in [0.1, 0.15) is 18.1 Å². The quantitative estimate of drug-likeness (QED) is 0.398. The van der Waals surface area contributed by atoms with Gasteiger partial charge in [-0.3, -0.25) is 19.2 Å². The molecule has 4 atom stereocenters. The molecule has 2 fully saturated rings. The lowest BCUT2D eigenvalue weighted by molar-refractivity contribution is -0.149. The number of nitriles is 1. The van der Waals surface area contributed by atoms with Crippen molar-refractivity contribution < 1.29 is 28.0 Å². The number of nitrogens with zero attached hydrogens (tertiary/aromatic N) is 2. The minimum absolute atomic E-state index is 0.0467. The van der Waals surface area contributed by atoms with Crippen molar-refractivity contribution >= 4 is 29.3 Å². The Labute approximate surface area is 255 Å². The molecule has 4 amide bonds. The zero-order valence-corrected chi connectivity index (χ0v) is 25.0. The predicted molar refractivity (Wildman–Crippen MR) is 158 cm³/mol. The minimum Gasteiger partial charge on any atom is -0.342 e. The maximum atomic E-state index is 15.0. The molecule has 2 aromatic rings. The summed E-state index contributed by atoms with van der Waals surface area (Å²) >= 11 is 0. The second-order valence-corrected chi connectivity index (χ2v) is 13.4. The van der Waals surface area contributed by atoms with E-state index in [1.807, 2.05) is 20.8 Å². The van der Waals surface area contributed by atoms with Crippen LogP contribution in [0.5, 0.6) is 0 Å². The Bertz CT molecular complexity index is 1500. The molecule has 0 unspecified atom stereocenters. The molecule has 9 nitrogen and oxygen atoms in total. The first-order chi connectivity index (χ1) is 20.7. The Morgan fingerprint density at radius 3 is 2.34 bits per heavy atom. The van der Waals surface area contributed by atoms with Crippen molar-refractivity contribution in [3.8, 4) is 6.07 Å². The van der Waals surface area contributed by atoms with Crippen molar-refractivity contribution in [3.05, 3.63) is 65.7 Å². The molecule has 2 aromatic carbocycles. The first kappa shape index (κ1) is 31.1. The first-order valence-corrected chi connectivity index (χ1v) is 14.9. The molecular weight excluding hydrogens is 568 g/mol. The van der Waals surface area contributed by atoms with Crippen LogP contribution in [0.25, 0.3) is 0 Å². The van der Waals surface area contributed by atoms with Crippen molar-refractivity contribution in [1.82, 2.24) is 15.5 Å². The zero-order chi connectivity index (χ0) is 31.9. The Balaban J connectivity index is 1.38. The van der Waals surface area contributed by atoms with E-state index in [-0.39, 0.29) is 37.6 Å². The van der Waals surface area contributed by atoms with Crippen LogP contribution in [-0.4, -0.2) is 53.2 Å². The normalized spacial score (nSPS) is 22.5. The molecule has 2 aliphatic heterocycles. The number of halogens is 2. The van der Waals surface area contributed by atoms with Crippen LogP contribution in [0.2, 0.25) is 0 Å². The van der Waals surface area contributed by atoms with Crippen LogP contribution in [0.1, 0.15) is 64.0 Å². The van der Waals surface area contributed by atoms with E-state index in [1.165, 1.54) is 17.0 Å². The average molecular weight is 606 g/mol. The largest absolute Gasteiger partial charge is 0.349 e. The third-order valence-electron chi connectivity index (χ3n) is 8.66. The van der Waals surface area contributed by atoms with Crippen LogP contribution < -0.4 is 16.0 Å². The Morgan fingerprint density at radius 1 is 1.05 bits per heavy atom. The molecule has 0 aromatic heterocycles. The van der Waals surface area contributed by atoms with E-state index in [4.69, 9.17) is 0 Å². The highest BCUT2D eigenvalue weighted by molar-refractivity contribution is 6.07. The zero-order valence-electron chi connectivity index (χ0n) is 25.0. The van der Waals surface area contributed by atoms with Crippen molar-refractivity contribution in [2.24, 2.45) is 11.3 Å². The van der Waals surface area contributed by atoms with Crippen LogP contribution in [0.4, 0.5) is 14.5 Å². The topological polar surface area (TPSA) is 131 Å². The van der Waals surface area contributed by atoms with Gasteiger partial charge in [0.15, 0.2) is 0 Å². The van der Waals surface area contributed by atoms with Gasteiger partial charge in [-0.1, -0.05) is 82.1 Å². The summed E-state index contributed by atoms with van der Waals surface area (Å²) in [6.07, 6.45) is 2.05. The number of hydrogen-bond donors (Lipinski definition) is 3. The van der Waals surface area contributed by atoms with E-state index < -0.39 is 58.2 Å². The first-order valence-electron chi connectivity index (χ1n) is 14.9. The molecule has 0 radical (unpaired) electrons. The number of rotatable bonds is 9. The summed E-state index contributed by atoms with van der Waals surface area (Å²) in [4.78, 5) is 55.2. The highest BCUT2D eigenvalue weighted by Gasteiger charge is 2.56. The molecule has 1 aliphatic carbocycles. The van der Waals surface area contributed by atoms with Gasteiger partial charge >= 0.3 is 5.92 Å². The third kappa shape index (κ3) is 6.16. The fourth-order valence-corrected chi connectivity index (χ4v) is 6.22. The van der Waals surface area contributed by atoms with Crippen molar-refractivity contribution in [1.29, 1.82) is 5.26 Å². The summed E-state index contributed by atoms with van der Waals surface area (Å²) in [5.41, 5.74) is -0.710. The van der Waals surface area contributed by atoms with Crippen LogP contribution in [0, 0.1) is 22.7 Å². The summed E-state index contributed by atoms with van der Waals surface area (Å²) in [6.45, 7) is 5.61. The lowest BCUT2D eigenvalue weighted by Gasteiger charge is -2.32. The lowest BCUT2D eigenvalue weighted by atomic mass is 9.80. The third-order valence-corrected chi connectivity index (χ3v) is 8.66. The van der Waals surface area contributed by atoms with Crippen molar-refractivity contribution in [2.45, 2.75) is 82.3 Å². The molecule has 232 valence electrons. The molecule has 2 heterocycles. The summed E-state index contributed by atoms with van der Waals surface area (Å²) in [6, 6.07) is 12.6. The van der Waals surface area contributed by atoms with E-state index in [1.54, 1.807) is 30.3 Å². The molecule has 3 N–H and O–H groups in total. The van der Waals surface area contributed by atoms with Gasteiger partial charge in [0.05, 0.1) is 11.5 Å². The Kier molecular flexibility index (Phi) is 8.23. The van der Waals surface area contributed by atoms with Gasteiger partial charge in [0, 0.05) is 24.2 Å². The molecule has 44 heavy (non-hydrogen) atoms. The molecule has 11 heteroatoms. The van der Waals surface area contributed by atoms with E-state index in [2.05, 4.69) is 22.0 Å². The number of para-hydroxylation sites is 1. The number of alkyl halides is 2. The second kappa shape index (κ2) is 11.6. The van der Waals surface area contributed by atoms with Crippen LogP contribution in [0.15, 0.2) is 54.6 Å². The molecule has 5 rings (SSSR count). The number of carbonyl (C=O) groups is 4. The molecule has 1 spiro atoms. The van der Waals surface area contributed by atoms with Crippen molar-refractivity contribution in [3.63, 3.8) is 0 Å². The Hall–Kier alpha value is -4.33. The standard InChI is InChI=1S/C33H37F2N5O4/c1-31(2,3)17-26(28(42)40-19-32(16-22(40)18-36)23-11-7-8-12-24(23)38-29(32)43)37-27(41)25(15-20-13-14-20)39-30(44)33(34,35)21-9-5-4-6-10-21/h4-12,20,22,25-26H,13-17,19H2,1-3H3,(H,37,41)(H,38,43)(H,39,44)/t22-,25-,26-,32-/m0/s1. The average Bonchev–Trinajstić information content (AvgIpc) is 3.65. The van der Waals surface area contributed by atoms with E-state index >= 15 is 8.78 Å². The van der Waals surface area contributed by atoms with Gasteiger partial charge in [0.25, 0.3) is 5.91 Å². The SMILES string of the molecule is CC(C)(C)C[C@H](NC(=O)[C@H](CC1CC1)NC(=O)C(F)(F)c1ccccc1)C(=O)N1C[C@]2(C[C@H]1C#N)C(=O)Nc1ccccc12. The van der Waals surface area contributed by atoms with Gasteiger partial charge in [-0.2, -0.15) is 14.0 Å². The fourth-order valence-electron chi connectivity index (χ4n) is 6.22. The van der Waals surface area contributed by atoms with E-state index in [0.717, 1.165) is 25.0 Å².